The van der Waals surface area contributed by atoms with Crippen molar-refractivity contribution in [2.24, 2.45) is 0 Å². The summed E-state index contributed by atoms with van der Waals surface area (Å²) in [5.74, 6) is 0.0518. The molecular formula is C12H15Cl2NO2. The molecule has 0 heterocycles. The van der Waals surface area contributed by atoms with Gasteiger partial charge in [-0.3, -0.25) is 4.79 Å². The molecule has 94 valence electrons. The third-order valence-electron chi connectivity index (χ3n) is 2.31. The minimum absolute atomic E-state index is 0.261. The summed E-state index contributed by atoms with van der Waals surface area (Å²) in [6.45, 7) is 2.67. The van der Waals surface area contributed by atoms with E-state index in [1.54, 1.807) is 12.1 Å². The van der Waals surface area contributed by atoms with E-state index in [0.29, 0.717) is 22.3 Å². The van der Waals surface area contributed by atoms with E-state index >= 15 is 0 Å². The van der Waals surface area contributed by atoms with Crippen LogP contribution in [0.2, 0.25) is 10.0 Å². The fourth-order valence-corrected chi connectivity index (χ4v) is 1.88. The molecule has 0 spiro atoms. The average molecular weight is 276 g/mol. The maximum absolute atomic E-state index is 11.9. The van der Waals surface area contributed by atoms with Crippen molar-refractivity contribution in [2.45, 2.75) is 19.8 Å². The summed E-state index contributed by atoms with van der Waals surface area (Å²) >= 11 is 11.9. The Kier molecular flexibility index (Phi) is 5.59. The van der Waals surface area contributed by atoms with E-state index < -0.39 is 0 Å². The zero-order valence-corrected chi connectivity index (χ0v) is 11.4. The molecule has 0 bridgehead atoms. The highest BCUT2D eigenvalue weighted by molar-refractivity contribution is 6.37. The molecular weight excluding hydrogens is 261 g/mol. The molecule has 5 heteroatoms. The summed E-state index contributed by atoms with van der Waals surface area (Å²) < 4.78 is 5.11. The number of hydrogen-bond acceptors (Lipinski definition) is 2. The van der Waals surface area contributed by atoms with Gasteiger partial charge in [0.1, 0.15) is 5.56 Å². The van der Waals surface area contributed by atoms with Crippen molar-refractivity contribution in [1.29, 1.82) is 0 Å². The maximum Gasteiger partial charge on any atom is 0.256 e. The minimum Gasteiger partial charge on any atom is -0.494 e. The van der Waals surface area contributed by atoms with E-state index in [0.717, 1.165) is 12.8 Å². The number of benzene rings is 1. The molecule has 17 heavy (non-hydrogen) atoms. The van der Waals surface area contributed by atoms with Crippen LogP contribution >= 0.6 is 23.2 Å². The van der Waals surface area contributed by atoms with E-state index in [9.17, 15) is 4.79 Å². The van der Waals surface area contributed by atoms with Crippen molar-refractivity contribution in [2.75, 3.05) is 13.7 Å². The Morgan fingerprint density at radius 2 is 2.00 bits per heavy atom. The molecule has 0 atom stereocenters. The quantitative estimate of drug-likeness (QED) is 0.835. The van der Waals surface area contributed by atoms with Gasteiger partial charge in [-0.05, 0) is 18.6 Å². The van der Waals surface area contributed by atoms with Gasteiger partial charge in [-0.25, -0.2) is 0 Å². The molecule has 0 aliphatic rings. The molecule has 0 aliphatic carbocycles. The molecule has 0 fully saturated rings. The van der Waals surface area contributed by atoms with Gasteiger partial charge in [0.05, 0.1) is 17.2 Å². The summed E-state index contributed by atoms with van der Waals surface area (Å²) in [5.41, 5.74) is 0.290. The van der Waals surface area contributed by atoms with Gasteiger partial charge in [-0.2, -0.15) is 0 Å². The van der Waals surface area contributed by atoms with Crippen LogP contribution in [0.3, 0.4) is 0 Å². The predicted octanol–water partition coefficient (Wildman–Crippen LogP) is 3.53. The third kappa shape index (κ3) is 3.51. The van der Waals surface area contributed by atoms with E-state index in [1.807, 2.05) is 0 Å². The van der Waals surface area contributed by atoms with Gasteiger partial charge >= 0.3 is 0 Å². The lowest BCUT2D eigenvalue weighted by Gasteiger charge is -2.12. The van der Waals surface area contributed by atoms with Crippen LogP contribution in [0.15, 0.2) is 12.1 Å². The van der Waals surface area contributed by atoms with E-state index in [4.69, 9.17) is 27.9 Å². The standard InChI is InChI=1S/C12H15Cl2NO2/c1-3-4-7-15-12(16)10-8(13)5-6-9(14)11(10)17-2/h5-6H,3-4,7H2,1-2H3,(H,15,16). The summed E-state index contributed by atoms with van der Waals surface area (Å²) in [5, 5.41) is 3.49. The first-order valence-electron chi connectivity index (χ1n) is 5.42. The molecule has 0 unspecified atom stereocenters. The number of halogens is 2. The van der Waals surface area contributed by atoms with Crippen molar-refractivity contribution in [3.63, 3.8) is 0 Å². The molecule has 1 rings (SSSR count). The van der Waals surface area contributed by atoms with Crippen molar-refractivity contribution in [1.82, 2.24) is 5.32 Å². The van der Waals surface area contributed by atoms with Gasteiger partial charge < -0.3 is 10.1 Å². The Balaban J connectivity index is 2.95. The van der Waals surface area contributed by atoms with Gasteiger partial charge in [0.2, 0.25) is 0 Å². The number of carbonyl (C=O) groups excluding carboxylic acids is 1. The monoisotopic (exact) mass is 275 g/mol. The van der Waals surface area contributed by atoms with Gasteiger partial charge in [-0.1, -0.05) is 36.5 Å². The summed E-state index contributed by atoms with van der Waals surface area (Å²) in [7, 11) is 1.46. The van der Waals surface area contributed by atoms with Crippen LogP contribution in [-0.2, 0) is 0 Å². The molecule has 1 amide bonds. The molecule has 0 aliphatic heterocycles. The number of amides is 1. The SMILES string of the molecule is CCCCNC(=O)c1c(Cl)ccc(Cl)c1OC. The van der Waals surface area contributed by atoms with Crippen molar-refractivity contribution in [3.8, 4) is 5.75 Å². The van der Waals surface area contributed by atoms with Gasteiger partial charge in [0.15, 0.2) is 5.75 Å². The number of ether oxygens (including phenoxy) is 1. The topological polar surface area (TPSA) is 38.3 Å². The normalized spacial score (nSPS) is 10.1. The lowest BCUT2D eigenvalue weighted by molar-refractivity contribution is 0.0950. The van der Waals surface area contributed by atoms with Crippen molar-refractivity contribution in [3.05, 3.63) is 27.7 Å². The number of nitrogens with one attached hydrogen (secondary N) is 1. The van der Waals surface area contributed by atoms with Gasteiger partial charge in [-0.15, -0.1) is 0 Å². The van der Waals surface area contributed by atoms with Crippen LogP contribution in [0, 0.1) is 0 Å². The molecule has 1 N–H and O–H groups in total. The number of rotatable bonds is 5. The fourth-order valence-electron chi connectivity index (χ4n) is 1.41. The molecule has 0 saturated heterocycles. The van der Waals surface area contributed by atoms with Crippen LogP contribution in [0.4, 0.5) is 0 Å². The van der Waals surface area contributed by atoms with Gasteiger partial charge in [0.25, 0.3) is 5.91 Å². The first-order valence-corrected chi connectivity index (χ1v) is 6.17. The van der Waals surface area contributed by atoms with Gasteiger partial charge in [0, 0.05) is 6.54 Å². The predicted molar refractivity (Wildman–Crippen MR) is 70.3 cm³/mol. The highest BCUT2D eigenvalue weighted by Crippen LogP contribution is 2.33. The second kappa shape index (κ2) is 6.72. The van der Waals surface area contributed by atoms with E-state index in [1.165, 1.54) is 7.11 Å². The number of methoxy groups -OCH3 is 1. The van der Waals surface area contributed by atoms with Crippen LogP contribution < -0.4 is 10.1 Å². The largest absolute Gasteiger partial charge is 0.494 e. The molecule has 3 nitrogen and oxygen atoms in total. The molecule has 0 radical (unpaired) electrons. The smallest absolute Gasteiger partial charge is 0.256 e. The van der Waals surface area contributed by atoms with Crippen molar-refractivity contribution >= 4 is 29.1 Å². The Morgan fingerprint density at radius 1 is 1.35 bits per heavy atom. The molecule has 0 aromatic heterocycles. The summed E-state index contributed by atoms with van der Waals surface area (Å²) in [6.07, 6.45) is 1.94. The second-order valence-corrected chi connectivity index (χ2v) is 4.36. The van der Waals surface area contributed by atoms with Crippen LogP contribution in [0.1, 0.15) is 30.1 Å². The lowest BCUT2D eigenvalue weighted by Crippen LogP contribution is -2.25. The van der Waals surface area contributed by atoms with Crippen LogP contribution in [0.5, 0.6) is 5.75 Å². The second-order valence-electron chi connectivity index (χ2n) is 3.55. The molecule has 1 aromatic carbocycles. The Morgan fingerprint density at radius 3 is 2.59 bits per heavy atom. The third-order valence-corrected chi connectivity index (χ3v) is 2.92. The molecule has 0 saturated carbocycles. The highest BCUT2D eigenvalue weighted by atomic mass is 35.5. The Labute approximate surface area is 111 Å². The number of unbranched alkanes of at least 4 members (excludes halogenated alkanes) is 1. The zero-order valence-electron chi connectivity index (χ0n) is 9.85. The first kappa shape index (κ1) is 14.1. The lowest BCUT2D eigenvalue weighted by atomic mass is 10.2. The molecule has 1 aromatic rings. The Bertz CT molecular complexity index is 408. The van der Waals surface area contributed by atoms with Crippen LogP contribution in [0.25, 0.3) is 0 Å². The number of hydrogen-bond donors (Lipinski definition) is 1. The zero-order chi connectivity index (χ0) is 12.8. The maximum atomic E-state index is 11.9. The average Bonchev–Trinajstić information content (AvgIpc) is 2.31. The first-order chi connectivity index (χ1) is 8.11. The van der Waals surface area contributed by atoms with E-state index in [2.05, 4.69) is 12.2 Å². The summed E-state index contributed by atoms with van der Waals surface area (Å²) in [6, 6.07) is 3.19. The highest BCUT2D eigenvalue weighted by Gasteiger charge is 2.18. The van der Waals surface area contributed by atoms with Crippen molar-refractivity contribution < 1.29 is 9.53 Å². The Hall–Kier alpha value is -0.930. The minimum atomic E-state index is -0.261. The van der Waals surface area contributed by atoms with E-state index in [-0.39, 0.29) is 11.5 Å². The van der Waals surface area contributed by atoms with Crippen LogP contribution in [-0.4, -0.2) is 19.6 Å². The fraction of sp³-hybridized carbons (Fsp3) is 0.417. The summed E-state index contributed by atoms with van der Waals surface area (Å²) in [4.78, 5) is 11.9. The number of carbonyl (C=O) groups is 1.